The number of non-ortho nitro benzene ring substituents is 1. The molecule has 0 spiro atoms. The summed E-state index contributed by atoms with van der Waals surface area (Å²) in [5.74, 6) is -0.325. The van der Waals surface area contributed by atoms with Crippen LogP contribution in [-0.4, -0.2) is 22.7 Å². The number of hydrogen-bond donors (Lipinski definition) is 2. The lowest BCUT2D eigenvalue weighted by molar-refractivity contribution is -0.384. The van der Waals surface area contributed by atoms with Crippen LogP contribution in [0.3, 0.4) is 0 Å². The standard InChI is InChI=1S/C18H19FN2O4/c19-14-5-3-12(4-6-14)18(17-2-1-9-25-17)20-11-13-10-15(21(23)24)7-8-16(13)22/h3-8,10,17-18,20,22H,1-2,9,11H2/t17-,18-/m1/s1. The van der Waals surface area contributed by atoms with Gasteiger partial charge in [-0.1, -0.05) is 12.1 Å². The van der Waals surface area contributed by atoms with E-state index in [0.717, 1.165) is 18.4 Å². The van der Waals surface area contributed by atoms with E-state index >= 15 is 0 Å². The van der Waals surface area contributed by atoms with E-state index in [1.165, 1.54) is 30.3 Å². The predicted molar refractivity (Wildman–Crippen MR) is 89.7 cm³/mol. The Morgan fingerprint density at radius 3 is 2.72 bits per heavy atom. The summed E-state index contributed by atoms with van der Waals surface area (Å²) in [7, 11) is 0. The Morgan fingerprint density at radius 1 is 1.32 bits per heavy atom. The number of halogens is 1. The van der Waals surface area contributed by atoms with Crippen LogP contribution in [0.15, 0.2) is 42.5 Å². The smallest absolute Gasteiger partial charge is 0.270 e. The number of benzene rings is 2. The Balaban J connectivity index is 1.80. The Kier molecular flexibility index (Phi) is 5.25. The zero-order valence-electron chi connectivity index (χ0n) is 13.5. The molecule has 0 saturated carbocycles. The van der Waals surface area contributed by atoms with Crippen molar-refractivity contribution in [1.82, 2.24) is 5.32 Å². The summed E-state index contributed by atoms with van der Waals surface area (Å²) in [5, 5.41) is 24.2. The van der Waals surface area contributed by atoms with Crippen molar-refractivity contribution in [3.8, 4) is 5.75 Å². The van der Waals surface area contributed by atoms with Gasteiger partial charge in [0, 0.05) is 30.8 Å². The average Bonchev–Trinajstić information content (AvgIpc) is 3.12. The SMILES string of the molecule is O=[N+]([O-])c1ccc(O)c(CN[C@H](c2ccc(F)cc2)[C@H]2CCCO2)c1. The Bertz CT molecular complexity index is 745. The molecule has 7 heteroatoms. The first-order valence-corrected chi connectivity index (χ1v) is 8.11. The maximum absolute atomic E-state index is 13.2. The molecule has 0 aliphatic carbocycles. The second-order valence-electron chi connectivity index (χ2n) is 6.03. The van der Waals surface area contributed by atoms with E-state index < -0.39 is 4.92 Å². The molecule has 3 rings (SSSR count). The van der Waals surface area contributed by atoms with Gasteiger partial charge in [-0.15, -0.1) is 0 Å². The zero-order valence-corrected chi connectivity index (χ0v) is 13.5. The minimum atomic E-state index is -0.500. The van der Waals surface area contributed by atoms with Crippen molar-refractivity contribution in [1.29, 1.82) is 0 Å². The molecular formula is C18H19FN2O4. The molecule has 1 aliphatic heterocycles. The number of rotatable bonds is 6. The number of phenolic OH excluding ortho intramolecular Hbond substituents is 1. The molecule has 0 radical (unpaired) electrons. The Hall–Kier alpha value is -2.51. The topological polar surface area (TPSA) is 84.6 Å². The summed E-state index contributed by atoms with van der Waals surface area (Å²) in [6, 6.07) is 9.91. The van der Waals surface area contributed by atoms with Crippen molar-refractivity contribution < 1.29 is 19.2 Å². The first-order chi connectivity index (χ1) is 12.0. The van der Waals surface area contributed by atoms with Crippen molar-refractivity contribution in [2.24, 2.45) is 0 Å². The van der Waals surface area contributed by atoms with E-state index in [9.17, 15) is 19.6 Å². The normalized spacial score (nSPS) is 18.2. The summed E-state index contributed by atoms with van der Waals surface area (Å²) < 4.78 is 19.0. The quantitative estimate of drug-likeness (QED) is 0.618. The first kappa shape index (κ1) is 17.3. The molecule has 0 unspecified atom stereocenters. The van der Waals surface area contributed by atoms with Crippen molar-refractivity contribution in [2.75, 3.05) is 6.61 Å². The second-order valence-corrected chi connectivity index (χ2v) is 6.03. The van der Waals surface area contributed by atoms with Gasteiger partial charge in [-0.2, -0.15) is 0 Å². The van der Waals surface area contributed by atoms with E-state index in [-0.39, 0.29) is 35.9 Å². The van der Waals surface area contributed by atoms with Gasteiger partial charge in [-0.3, -0.25) is 10.1 Å². The number of hydrogen-bond acceptors (Lipinski definition) is 5. The van der Waals surface area contributed by atoms with E-state index in [2.05, 4.69) is 5.32 Å². The fourth-order valence-electron chi connectivity index (χ4n) is 3.05. The van der Waals surface area contributed by atoms with Crippen molar-refractivity contribution in [3.63, 3.8) is 0 Å². The number of nitrogens with one attached hydrogen (secondary N) is 1. The first-order valence-electron chi connectivity index (χ1n) is 8.11. The third kappa shape index (κ3) is 4.12. The van der Waals surface area contributed by atoms with Crippen LogP contribution in [0, 0.1) is 15.9 Å². The monoisotopic (exact) mass is 346 g/mol. The van der Waals surface area contributed by atoms with Crippen LogP contribution in [0.25, 0.3) is 0 Å². The van der Waals surface area contributed by atoms with Crippen LogP contribution in [-0.2, 0) is 11.3 Å². The van der Waals surface area contributed by atoms with Gasteiger partial charge >= 0.3 is 0 Å². The third-order valence-electron chi connectivity index (χ3n) is 4.35. The number of aromatic hydroxyl groups is 1. The predicted octanol–water partition coefficient (Wildman–Crippen LogP) is 3.45. The van der Waals surface area contributed by atoms with Crippen LogP contribution >= 0.6 is 0 Å². The van der Waals surface area contributed by atoms with Gasteiger partial charge in [0.1, 0.15) is 11.6 Å². The van der Waals surface area contributed by atoms with Crippen molar-refractivity contribution >= 4 is 5.69 Å². The van der Waals surface area contributed by atoms with E-state index in [1.807, 2.05) is 0 Å². The highest BCUT2D eigenvalue weighted by molar-refractivity contribution is 5.43. The number of ether oxygens (including phenoxy) is 1. The molecule has 0 bridgehead atoms. The van der Waals surface area contributed by atoms with Gasteiger partial charge in [0.15, 0.2) is 0 Å². The molecule has 1 fully saturated rings. The van der Waals surface area contributed by atoms with Gasteiger partial charge in [0.05, 0.1) is 17.1 Å². The highest BCUT2D eigenvalue weighted by Gasteiger charge is 2.27. The minimum Gasteiger partial charge on any atom is -0.508 e. The summed E-state index contributed by atoms with van der Waals surface area (Å²) in [4.78, 5) is 10.4. The van der Waals surface area contributed by atoms with Gasteiger partial charge < -0.3 is 15.2 Å². The van der Waals surface area contributed by atoms with Crippen LogP contribution in [0.4, 0.5) is 10.1 Å². The van der Waals surface area contributed by atoms with E-state index in [0.29, 0.717) is 12.2 Å². The van der Waals surface area contributed by atoms with Gasteiger partial charge in [-0.05, 0) is 36.6 Å². The maximum Gasteiger partial charge on any atom is 0.270 e. The molecule has 25 heavy (non-hydrogen) atoms. The molecule has 1 aliphatic rings. The van der Waals surface area contributed by atoms with Gasteiger partial charge in [-0.25, -0.2) is 4.39 Å². The van der Waals surface area contributed by atoms with Gasteiger partial charge in [0.2, 0.25) is 0 Å². The molecule has 2 N–H and O–H groups in total. The molecule has 132 valence electrons. The molecule has 1 saturated heterocycles. The third-order valence-corrected chi connectivity index (χ3v) is 4.35. The van der Waals surface area contributed by atoms with Crippen LogP contribution in [0.1, 0.15) is 30.0 Å². The zero-order chi connectivity index (χ0) is 17.8. The van der Waals surface area contributed by atoms with Crippen LogP contribution < -0.4 is 5.32 Å². The van der Waals surface area contributed by atoms with E-state index in [1.54, 1.807) is 12.1 Å². The lowest BCUT2D eigenvalue weighted by atomic mass is 9.98. The highest BCUT2D eigenvalue weighted by Crippen LogP contribution is 2.29. The molecule has 2 atom stereocenters. The molecule has 1 heterocycles. The maximum atomic E-state index is 13.2. The molecule has 6 nitrogen and oxygen atoms in total. The molecule has 2 aromatic rings. The molecular weight excluding hydrogens is 327 g/mol. The molecule has 2 aromatic carbocycles. The Labute approximate surface area is 144 Å². The van der Waals surface area contributed by atoms with Crippen molar-refractivity contribution in [3.05, 3.63) is 69.5 Å². The van der Waals surface area contributed by atoms with E-state index in [4.69, 9.17) is 4.74 Å². The summed E-state index contributed by atoms with van der Waals surface area (Å²) >= 11 is 0. The fraction of sp³-hybridized carbons (Fsp3) is 0.333. The van der Waals surface area contributed by atoms with Crippen LogP contribution in [0.2, 0.25) is 0 Å². The number of nitro groups is 1. The summed E-state index contributed by atoms with van der Waals surface area (Å²) in [5.41, 5.74) is 1.22. The number of nitrogens with zero attached hydrogens (tertiary/aromatic N) is 1. The van der Waals surface area contributed by atoms with Gasteiger partial charge in [0.25, 0.3) is 5.69 Å². The summed E-state index contributed by atoms with van der Waals surface area (Å²) in [6.07, 6.45) is 1.76. The summed E-state index contributed by atoms with van der Waals surface area (Å²) in [6.45, 7) is 0.904. The average molecular weight is 346 g/mol. The van der Waals surface area contributed by atoms with Crippen molar-refractivity contribution in [2.45, 2.75) is 31.5 Å². The minimum absolute atomic E-state index is 0.0108. The number of nitro benzene ring substituents is 1. The fourth-order valence-corrected chi connectivity index (χ4v) is 3.05. The second kappa shape index (κ2) is 7.58. The Morgan fingerprint density at radius 2 is 2.08 bits per heavy atom. The molecule has 0 amide bonds. The highest BCUT2D eigenvalue weighted by atomic mass is 19.1. The lowest BCUT2D eigenvalue weighted by Gasteiger charge is -2.25. The number of phenols is 1. The largest absolute Gasteiger partial charge is 0.508 e. The molecule has 0 aromatic heterocycles. The van der Waals surface area contributed by atoms with Crippen LogP contribution in [0.5, 0.6) is 5.75 Å². The lowest BCUT2D eigenvalue weighted by Crippen LogP contribution is -2.31.